The molecule has 84 valence electrons. The SMILES string of the molecule is CCc1cc(C(=O)OC)cc2c(C)[nH]nc12. The maximum absolute atomic E-state index is 11.5. The van der Waals surface area contributed by atoms with E-state index in [2.05, 4.69) is 10.2 Å². The van der Waals surface area contributed by atoms with E-state index in [1.165, 1.54) is 7.11 Å². The highest BCUT2D eigenvalue weighted by molar-refractivity contribution is 5.96. The van der Waals surface area contributed by atoms with Gasteiger partial charge in [0.25, 0.3) is 0 Å². The van der Waals surface area contributed by atoms with Crippen LogP contribution in [0, 0.1) is 6.92 Å². The summed E-state index contributed by atoms with van der Waals surface area (Å²) in [6.45, 7) is 3.98. The number of aryl methyl sites for hydroxylation is 2. The van der Waals surface area contributed by atoms with Crippen molar-refractivity contribution in [3.8, 4) is 0 Å². The van der Waals surface area contributed by atoms with Crippen LogP contribution in [0.4, 0.5) is 0 Å². The number of fused-ring (bicyclic) bond motifs is 1. The topological polar surface area (TPSA) is 55.0 Å². The highest BCUT2D eigenvalue weighted by atomic mass is 16.5. The molecule has 1 heterocycles. The maximum Gasteiger partial charge on any atom is 0.337 e. The van der Waals surface area contributed by atoms with Crippen LogP contribution in [-0.4, -0.2) is 23.3 Å². The van der Waals surface area contributed by atoms with Gasteiger partial charge < -0.3 is 4.74 Å². The molecule has 0 aliphatic rings. The average molecular weight is 218 g/mol. The van der Waals surface area contributed by atoms with Crippen molar-refractivity contribution in [1.82, 2.24) is 10.2 Å². The van der Waals surface area contributed by atoms with E-state index < -0.39 is 0 Å². The molecular formula is C12H14N2O2. The Balaban J connectivity index is 2.70. The van der Waals surface area contributed by atoms with Crippen molar-refractivity contribution in [3.05, 3.63) is 29.0 Å². The lowest BCUT2D eigenvalue weighted by molar-refractivity contribution is 0.0601. The summed E-state index contributed by atoms with van der Waals surface area (Å²) < 4.78 is 4.73. The smallest absolute Gasteiger partial charge is 0.337 e. The molecule has 16 heavy (non-hydrogen) atoms. The van der Waals surface area contributed by atoms with Crippen molar-refractivity contribution in [2.24, 2.45) is 0 Å². The Bertz CT molecular complexity index is 543. The average Bonchev–Trinajstić information content (AvgIpc) is 2.69. The molecule has 1 aromatic carbocycles. The van der Waals surface area contributed by atoms with Crippen LogP contribution >= 0.6 is 0 Å². The fraction of sp³-hybridized carbons (Fsp3) is 0.333. The molecule has 0 spiro atoms. The zero-order valence-electron chi connectivity index (χ0n) is 9.63. The van der Waals surface area contributed by atoms with Gasteiger partial charge in [0.15, 0.2) is 0 Å². The third-order valence-corrected chi connectivity index (χ3v) is 2.73. The second-order valence-corrected chi connectivity index (χ2v) is 3.73. The van der Waals surface area contributed by atoms with Crippen molar-refractivity contribution < 1.29 is 9.53 Å². The van der Waals surface area contributed by atoms with Gasteiger partial charge in [0.2, 0.25) is 0 Å². The maximum atomic E-state index is 11.5. The standard InChI is InChI=1S/C12H14N2O2/c1-4-8-5-9(12(15)16-3)6-10-7(2)13-14-11(8)10/h5-6H,4H2,1-3H3,(H,13,14). The number of hydrogen-bond acceptors (Lipinski definition) is 3. The lowest BCUT2D eigenvalue weighted by atomic mass is 10.0. The predicted octanol–water partition coefficient (Wildman–Crippen LogP) is 2.22. The second-order valence-electron chi connectivity index (χ2n) is 3.73. The Labute approximate surface area is 93.6 Å². The number of rotatable bonds is 2. The van der Waals surface area contributed by atoms with E-state index in [0.717, 1.165) is 28.6 Å². The molecule has 1 aromatic heterocycles. The highest BCUT2D eigenvalue weighted by Gasteiger charge is 2.12. The molecule has 0 aliphatic carbocycles. The van der Waals surface area contributed by atoms with Gasteiger partial charge in [0.05, 0.1) is 18.2 Å². The molecule has 2 rings (SSSR count). The van der Waals surface area contributed by atoms with Crippen LogP contribution in [0.5, 0.6) is 0 Å². The van der Waals surface area contributed by atoms with Crippen molar-refractivity contribution in [2.45, 2.75) is 20.3 Å². The number of aromatic nitrogens is 2. The molecule has 0 amide bonds. The molecule has 0 saturated carbocycles. The van der Waals surface area contributed by atoms with Gasteiger partial charge in [-0.1, -0.05) is 6.92 Å². The zero-order chi connectivity index (χ0) is 11.7. The largest absolute Gasteiger partial charge is 0.465 e. The first-order chi connectivity index (χ1) is 7.67. The summed E-state index contributed by atoms with van der Waals surface area (Å²) in [4.78, 5) is 11.5. The van der Waals surface area contributed by atoms with Gasteiger partial charge in [-0.25, -0.2) is 4.79 Å². The minimum Gasteiger partial charge on any atom is -0.465 e. The molecular weight excluding hydrogens is 204 g/mol. The van der Waals surface area contributed by atoms with Crippen LogP contribution in [0.15, 0.2) is 12.1 Å². The van der Waals surface area contributed by atoms with Gasteiger partial charge in [-0.15, -0.1) is 0 Å². The van der Waals surface area contributed by atoms with Crippen LogP contribution in [0.3, 0.4) is 0 Å². The Morgan fingerprint density at radius 2 is 2.25 bits per heavy atom. The third-order valence-electron chi connectivity index (χ3n) is 2.73. The number of hydrogen-bond donors (Lipinski definition) is 1. The lowest BCUT2D eigenvalue weighted by Gasteiger charge is -2.03. The minimum absolute atomic E-state index is 0.308. The van der Waals surface area contributed by atoms with Gasteiger partial charge in [-0.2, -0.15) is 5.10 Å². The molecule has 4 nitrogen and oxygen atoms in total. The van der Waals surface area contributed by atoms with Crippen LogP contribution < -0.4 is 0 Å². The van der Waals surface area contributed by atoms with E-state index in [4.69, 9.17) is 4.74 Å². The molecule has 1 N–H and O–H groups in total. The molecule has 0 unspecified atom stereocenters. The number of nitrogens with one attached hydrogen (secondary N) is 1. The van der Waals surface area contributed by atoms with E-state index >= 15 is 0 Å². The number of methoxy groups -OCH3 is 1. The summed E-state index contributed by atoms with van der Waals surface area (Å²) in [5.41, 5.74) is 3.54. The van der Waals surface area contributed by atoms with Crippen LogP contribution in [-0.2, 0) is 11.2 Å². The van der Waals surface area contributed by atoms with Crippen molar-refractivity contribution in [1.29, 1.82) is 0 Å². The van der Waals surface area contributed by atoms with Gasteiger partial charge in [-0.3, -0.25) is 5.10 Å². The monoisotopic (exact) mass is 218 g/mol. The summed E-state index contributed by atoms with van der Waals surface area (Å²) in [5.74, 6) is -0.308. The Morgan fingerprint density at radius 1 is 1.50 bits per heavy atom. The Hall–Kier alpha value is -1.84. The van der Waals surface area contributed by atoms with E-state index in [1.807, 2.05) is 26.0 Å². The van der Waals surface area contributed by atoms with E-state index in [0.29, 0.717) is 5.56 Å². The zero-order valence-corrected chi connectivity index (χ0v) is 9.63. The molecule has 0 fully saturated rings. The molecule has 0 radical (unpaired) electrons. The Kier molecular flexibility index (Phi) is 2.64. The van der Waals surface area contributed by atoms with Crippen LogP contribution in [0.25, 0.3) is 10.9 Å². The number of carbonyl (C=O) groups excluding carboxylic acids is 1. The first kappa shape index (κ1) is 10.7. The number of benzene rings is 1. The first-order valence-electron chi connectivity index (χ1n) is 5.23. The molecule has 0 atom stereocenters. The first-order valence-corrected chi connectivity index (χ1v) is 5.23. The van der Waals surface area contributed by atoms with Crippen molar-refractivity contribution >= 4 is 16.9 Å². The fourth-order valence-electron chi connectivity index (χ4n) is 1.82. The summed E-state index contributed by atoms with van der Waals surface area (Å²) in [6.07, 6.45) is 0.839. The van der Waals surface area contributed by atoms with E-state index in [1.54, 1.807) is 0 Å². The normalized spacial score (nSPS) is 10.7. The van der Waals surface area contributed by atoms with E-state index in [-0.39, 0.29) is 5.97 Å². The number of H-pyrrole nitrogens is 1. The van der Waals surface area contributed by atoms with Gasteiger partial charge in [0.1, 0.15) is 0 Å². The predicted molar refractivity (Wildman–Crippen MR) is 61.5 cm³/mol. The fourth-order valence-corrected chi connectivity index (χ4v) is 1.82. The summed E-state index contributed by atoms with van der Waals surface area (Å²) >= 11 is 0. The minimum atomic E-state index is -0.308. The molecule has 0 bridgehead atoms. The molecule has 0 aliphatic heterocycles. The van der Waals surface area contributed by atoms with Crippen LogP contribution in [0.1, 0.15) is 28.5 Å². The van der Waals surface area contributed by atoms with Gasteiger partial charge in [0, 0.05) is 11.1 Å². The van der Waals surface area contributed by atoms with Crippen molar-refractivity contribution in [3.63, 3.8) is 0 Å². The number of nitrogens with zero attached hydrogens (tertiary/aromatic N) is 1. The molecule has 0 saturated heterocycles. The van der Waals surface area contributed by atoms with Gasteiger partial charge >= 0.3 is 5.97 Å². The lowest BCUT2D eigenvalue weighted by Crippen LogP contribution is -2.02. The van der Waals surface area contributed by atoms with Crippen LogP contribution in [0.2, 0.25) is 0 Å². The quantitative estimate of drug-likeness (QED) is 0.786. The molecule has 2 aromatic rings. The van der Waals surface area contributed by atoms with Crippen molar-refractivity contribution in [2.75, 3.05) is 7.11 Å². The summed E-state index contributed by atoms with van der Waals surface area (Å²) in [6, 6.07) is 3.66. The highest BCUT2D eigenvalue weighted by Crippen LogP contribution is 2.22. The number of ether oxygens (including phenoxy) is 1. The molecule has 4 heteroatoms. The van der Waals surface area contributed by atoms with E-state index in [9.17, 15) is 4.79 Å². The summed E-state index contributed by atoms with van der Waals surface area (Å²) in [5, 5.41) is 8.16. The summed E-state index contributed by atoms with van der Waals surface area (Å²) in [7, 11) is 1.39. The van der Waals surface area contributed by atoms with Gasteiger partial charge in [-0.05, 0) is 31.0 Å². The number of carbonyl (C=O) groups is 1. The second kappa shape index (κ2) is 3.96. The number of esters is 1. The number of aromatic amines is 1. The third kappa shape index (κ3) is 1.56. The Morgan fingerprint density at radius 3 is 2.88 bits per heavy atom.